The molecule has 1 saturated heterocycles. The van der Waals surface area contributed by atoms with Crippen LogP contribution in [0.2, 0.25) is 0 Å². The first kappa shape index (κ1) is 17.6. The summed E-state index contributed by atoms with van der Waals surface area (Å²) in [6.45, 7) is 7.84. The molecule has 0 aliphatic carbocycles. The summed E-state index contributed by atoms with van der Waals surface area (Å²) in [5, 5.41) is 2.94. The second-order valence-electron chi connectivity index (χ2n) is 6.75. The van der Waals surface area contributed by atoms with Crippen molar-refractivity contribution in [3.63, 3.8) is 0 Å². The lowest BCUT2D eigenvalue weighted by Gasteiger charge is -2.31. The van der Waals surface area contributed by atoms with E-state index in [4.69, 9.17) is 9.47 Å². The average Bonchev–Trinajstić information content (AvgIpc) is 2.51. The molecule has 5 heteroatoms. The second-order valence-corrected chi connectivity index (χ2v) is 6.75. The van der Waals surface area contributed by atoms with Gasteiger partial charge in [-0.25, -0.2) is 0 Å². The molecule has 1 fully saturated rings. The molecule has 1 aliphatic rings. The zero-order valence-electron chi connectivity index (χ0n) is 14.6. The fourth-order valence-electron chi connectivity index (χ4n) is 3.52. The number of amides is 1. The second kappa shape index (κ2) is 8.20. The lowest BCUT2D eigenvalue weighted by Crippen LogP contribution is -3.14. The number of nitrogens with one attached hydrogen (secondary N) is 2. The molecule has 5 nitrogen and oxygen atoms in total. The number of hydrogen-bond acceptors (Lipinski definition) is 3. The fraction of sp³-hybridized carbons (Fsp3) is 0.611. The van der Waals surface area contributed by atoms with Crippen LogP contribution in [-0.4, -0.2) is 39.8 Å². The van der Waals surface area contributed by atoms with E-state index in [1.54, 1.807) is 32.4 Å². The molecule has 1 aliphatic heterocycles. The van der Waals surface area contributed by atoms with Gasteiger partial charge in [0.2, 0.25) is 5.91 Å². The van der Waals surface area contributed by atoms with E-state index in [1.807, 2.05) is 0 Å². The third-order valence-electron chi connectivity index (χ3n) is 4.42. The Morgan fingerprint density at radius 1 is 1.13 bits per heavy atom. The summed E-state index contributed by atoms with van der Waals surface area (Å²) in [7, 11) is 3.20. The molecule has 0 spiro atoms. The van der Waals surface area contributed by atoms with E-state index in [0.717, 1.165) is 18.4 Å². The number of ether oxygens (including phenoxy) is 2. The predicted octanol–water partition coefficient (Wildman–Crippen LogP) is 1.59. The van der Waals surface area contributed by atoms with Gasteiger partial charge in [0.15, 0.2) is 0 Å². The maximum atomic E-state index is 12.2. The first-order valence-electron chi connectivity index (χ1n) is 8.36. The van der Waals surface area contributed by atoms with Crippen molar-refractivity contribution in [2.24, 2.45) is 11.8 Å². The topological polar surface area (TPSA) is 52.0 Å². The molecule has 23 heavy (non-hydrogen) atoms. The SMILES string of the molecule is COc1cc(NC(=O)CC[NH+]2CC(C)CC(C)C2)cc(OC)c1. The number of methoxy groups -OCH3 is 2. The highest BCUT2D eigenvalue weighted by molar-refractivity contribution is 5.91. The highest BCUT2D eigenvalue weighted by Gasteiger charge is 2.25. The molecule has 0 bridgehead atoms. The summed E-state index contributed by atoms with van der Waals surface area (Å²) in [4.78, 5) is 13.7. The molecule has 0 aromatic heterocycles. The molecule has 0 radical (unpaired) electrons. The number of carbonyl (C=O) groups is 1. The van der Waals surface area contributed by atoms with Crippen LogP contribution >= 0.6 is 0 Å². The summed E-state index contributed by atoms with van der Waals surface area (Å²) in [5.41, 5.74) is 0.710. The van der Waals surface area contributed by atoms with Gasteiger partial charge >= 0.3 is 0 Å². The van der Waals surface area contributed by atoms with E-state index >= 15 is 0 Å². The minimum atomic E-state index is 0.0404. The summed E-state index contributed by atoms with van der Waals surface area (Å²) in [6, 6.07) is 5.40. The normalized spacial score (nSPS) is 24.1. The lowest BCUT2D eigenvalue weighted by atomic mass is 9.92. The standard InChI is InChI=1S/C18H28N2O3/c1-13-7-14(2)12-20(11-13)6-5-18(21)19-15-8-16(22-3)10-17(9-15)23-4/h8-10,13-14H,5-7,11-12H2,1-4H3,(H,19,21)/p+1. The molecular weight excluding hydrogens is 292 g/mol. The lowest BCUT2D eigenvalue weighted by molar-refractivity contribution is -0.911. The van der Waals surface area contributed by atoms with Crippen LogP contribution in [0.15, 0.2) is 18.2 Å². The Morgan fingerprint density at radius 2 is 1.70 bits per heavy atom. The van der Waals surface area contributed by atoms with Gasteiger partial charge in [-0.1, -0.05) is 13.8 Å². The van der Waals surface area contributed by atoms with Gasteiger partial charge in [0.1, 0.15) is 11.5 Å². The largest absolute Gasteiger partial charge is 0.497 e. The molecule has 2 atom stereocenters. The zero-order valence-corrected chi connectivity index (χ0v) is 14.6. The number of rotatable bonds is 6. The van der Waals surface area contributed by atoms with Crippen molar-refractivity contribution in [2.45, 2.75) is 26.7 Å². The van der Waals surface area contributed by atoms with Crippen LogP contribution in [0.25, 0.3) is 0 Å². The minimum absolute atomic E-state index is 0.0404. The first-order valence-corrected chi connectivity index (χ1v) is 8.36. The van der Waals surface area contributed by atoms with Crippen molar-refractivity contribution in [1.82, 2.24) is 0 Å². The summed E-state index contributed by atoms with van der Waals surface area (Å²) in [5.74, 6) is 2.88. The monoisotopic (exact) mass is 321 g/mol. The van der Waals surface area contributed by atoms with E-state index in [2.05, 4.69) is 19.2 Å². The number of piperidine rings is 1. The molecule has 2 rings (SSSR count). The fourth-order valence-corrected chi connectivity index (χ4v) is 3.52. The summed E-state index contributed by atoms with van der Waals surface area (Å²) in [6.07, 6.45) is 1.84. The van der Waals surface area contributed by atoms with Crippen LogP contribution in [0.4, 0.5) is 5.69 Å². The quantitative estimate of drug-likeness (QED) is 0.837. The predicted molar refractivity (Wildman–Crippen MR) is 91.3 cm³/mol. The van der Waals surface area contributed by atoms with Gasteiger partial charge in [-0.3, -0.25) is 4.79 Å². The van der Waals surface area contributed by atoms with Crippen LogP contribution in [-0.2, 0) is 4.79 Å². The van der Waals surface area contributed by atoms with Crippen LogP contribution in [0.5, 0.6) is 11.5 Å². The summed E-state index contributed by atoms with van der Waals surface area (Å²) >= 11 is 0. The van der Waals surface area contributed by atoms with E-state index < -0.39 is 0 Å². The molecule has 1 heterocycles. The zero-order chi connectivity index (χ0) is 16.8. The van der Waals surface area contributed by atoms with Gasteiger partial charge in [-0.05, 0) is 6.42 Å². The van der Waals surface area contributed by atoms with Gasteiger partial charge in [-0.15, -0.1) is 0 Å². The molecule has 1 aromatic carbocycles. The molecule has 1 amide bonds. The van der Waals surface area contributed by atoms with Gasteiger partial charge in [0.05, 0.1) is 40.3 Å². The smallest absolute Gasteiger partial charge is 0.230 e. The first-order chi connectivity index (χ1) is 11.0. The van der Waals surface area contributed by atoms with Crippen molar-refractivity contribution in [3.8, 4) is 11.5 Å². The van der Waals surface area contributed by atoms with E-state index in [-0.39, 0.29) is 5.91 Å². The Labute approximate surface area is 139 Å². The van der Waals surface area contributed by atoms with E-state index in [1.165, 1.54) is 24.4 Å². The summed E-state index contributed by atoms with van der Waals surface area (Å²) < 4.78 is 10.4. The van der Waals surface area contributed by atoms with E-state index in [9.17, 15) is 4.79 Å². The molecule has 1 aromatic rings. The average molecular weight is 321 g/mol. The molecule has 2 unspecified atom stereocenters. The third kappa shape index (κ3) is 5.43. The number of benzene rings is 1. The van der Waals surface area contributed by atoms with Crippen LogP contribution in [0, 0.1) is 11.8 Å². The minimum Gasteiger partial charge on any atom is -0.497 e. The highest BCUT2D eigenvalue weighted by atomic mass is 16.5. The Hall–Kier alpha value is -1.75. The van der Waals surface area contributed by atoms with Crippen molar-refractivity contribution >= 4 is 11.6 Å². The number of anilines is 1. The number of quaternary nitrogens is 1. The van der Waals surface area contributed by atoms with Gasteiger partial charge in [0.25, 0.3) is 0 Å². The van der Waals surface area contributed by atoms with Crippen LogP contribution in [0.1, 0.15) is 26.7 Å². The van der Waals surface area contributed by atoms with Crippen LogP contribution in [0.3, 0.4) is 0 Å². The molecule has 2 N–H and O–H groups in total. The number of hydrogen-bond donors (Lipinski definition) is 2. The third-order valence-corrected chi connectivity index (χ3v) is 4.42. The van der Waals surface area contributed by atoms with Gasteiger partial charge < -0.3 is 19.7 Å². The Morgan fingerprint density at radius 3 is 2.22 bits per heavy atom. The number of likely N-dealkylation sites (tertiary alicyclic amines) is 1. The Balaban J connectivity index is 1.87. The van der Waals surface area contributed by atoms with Crippen LogP contribution < -0.4 is 19.7 Å². The highest BCUT2D eigenvalue weighted by Crippen LogP contribution is 2.25. The Bertz CT molecular complexity index is 501. The molecular formula is C18H29N2O3+. The van der Waals surface area contributed by atoms with Gasteiger partial charge in [0, 0.05) is 35.7 Å². The van der Waals surface area contributed by atoms with Gasteiger partial charge in [-0.2, -0.15) is 0 Å². The Kier molecular flexibility index (Phi) is 6.28. The maximum absolute atomic E-state index is 12.2. The van der Waals surface area contributed by atoms with Crippen molar-refractivity contribution in [2.75, 3.05) is 39.2 Å². The van der Waals surface area contributed by atoms with Crippen molar-refractivity contribution < 1.29 is 19.2 Å². The van der Waals surface area contributed by atoms with Crippen molar-refractivity contribution in [1.29, 1.82) is 0 Å². The number of carbonyl (C=O) groups excluding carboxylic acids is 1. The molecule has 0 saturated carbocycles. The van der Waals surface area contributed by atoms with Crippen molar-refractivity contribution in [3.05, 3.63) is 18.2 Å². The maximum Gasteiger partial charge on any atom is 0.230 e. The van der Waals surface area contributed by atoms with E-state index in [0.29, 0.717) is 23.6 Å². The molecule has 128 valence electrons.